The summed E-state index contributed by atoms with van der Waals surface area (Å²) in [5.74, 6) is 0.876. The summed E-state index contributed by atoms with van der Waals surface area (Å²) in [5, 5.41) is 13.3. The molecule has 0 spiro atoms. The van der Waals surface area contributed by atoms with Crippen molar-refractivity contribution in [2.45, 2.75) is 24.7 Å². The molecule has 4 unspecified atom stereocenters. The molecule has 6 heteroatoms. The molecule has 1 heterocycles. The highest BCUT2D eigenvalue weighted by Gasteiger charge is 2.25. The van der Waals surface area contributed by atoms with E-state index in [0.717, 1.165) is 44.8 Å². The lowest BCUT2D eigenvalue weighted by molar-refractivity contribution is 0.409. The highest BCUT2D eigenvalue weighted by molar-refractivity contribution is 6.05. The summed E-state index contributed by atoms with van der Waals surface area (Å²) >= 11 is 0. The van der Waals surface area contributed by atoms with Gasteiger partial charge < -0.3 is 11.1 Å². The Kier molecular flexibility index (Phi) is 10.8. The van der Waals surface area contributed by atoms with E-state index < -0.39 is 0 Å². The van der Waals surface area contributed by atoms with Gasteiger partial charge in [-0.05, 0) is 60.8 Å². The first-order valence-electron chi connectivity index (χ1n) is 19.7. The molecule has 0 saturated carbocycles. The zero-order valence-corrected chi connectivity index (χ0v) is 32.0. The van der Waals surface area contributed by atoms with Gasteiger partial charge in [0.1, 0.15) is 24.3 Å². The third kappa shape index (κ3) is 8.12. The second kappa shape index (κ2) is 17.0. The summed E-state index contributed by atoms with van der Waals surface area (Å²) in [6.07, 6.45) is 0.969. The number of benzene rings is 8. The van der Waals surface area contributed by atoms with Crippen LogP contribution in [-0.2, 0) is 0 Å². The second-order valence-electron chi connectivity index (χ2n) is 14.5. The maximum absolute atomic E-state index is 6.57. The van der Waals surface area contributed by atoms with Gasteiger partial charge in [-0.2, -0.15) is 0 Å². The molecule has 58 heavy (non-hydrogen) atoms. The Morgan fingerprint density at radius 1 is 0.517 bits per heavy atom. The van der Waals surface area contributed by atoms with Gasteiger partial charge in [0.25, 0.3) is 0 Å². The summed E-state index contributed by atoms with van der Waals surface area (Å²) in [5.41, 5.74) is 17.7. The largest absolute Gasteiger partial charge is 0.350 e. The van der Waals surface area contributed by atoms with Gasteiger partial charge in [-0.1, -0.05) is 206 Å². The van der Waals surface area contributed by atoms with E-state index in [2.05, 4.69) is 149 Å². The lowest BCUT2D eigenvalue weighted by Gasteiger charge is -2.32. The van der Waals surface area contributed by atoms with Crippen LogP contribution in [-0.4, -0.2) is 12.1 Å². The molecule has 282 valence electrons. The standard InChI is InChI=1S/C52H44N6/c53-48(39-15-5-1-6-16-39)55-49(40-17-7-2-8-18-40)54-35-36-25-27-37(28-26-36)44-33-34-45(47-24-14-13-23-46(44)47)38-29-31-43(32-30-38)52-57-50(41-19-9-3-10-20-41)56-51(58-52)42-21-11-4-12-22-42/h1-35,48-50,52,55,57H,53H2,(H,56,58). The molecule has 0 bridgehead atoms. The molecular formula is C52H44N6. The number of nitrogens with two attached hydrogens (primary N) is 1. The zero-order chi connectivity index (χ0) is 39.1. The van der Waals surface area contributed by atoms with Crippen LogP contribution in [0.2, 0.25) is 0 Å². The molecule has 0 aliphatic carbocycles. The van der Waals surface area contributed by atoms with Gasteiger partial charge in [0.15, 0.2) is 0 Å². The topological polar surface area (TPSA) is 86.8 Å². The molecular weight excluding hydrogens is 709 g/mol. The van der Waals surface area contributed by atoms with Crippen LogP contribution >= 0.6 is 0 Å². The third-order valence-corrected chi connectivity index (χ3v) is 10.7. The first-order chi connectivity index (χ1) is 28.7. The summed E-state index contributed by atoms with van der Waals surface area (Å²) in [6, 6.07) is 71.6. The number of nitrogens with one attached hydrogen (secondary N) is 3. The maximum atomic E-state index is 6.57. The fraction of sp³-hybridized carbons (Fsp3) is 0.0769. The van der Waals surface area contributed by atoms with E-state index in [1.165, 1.54) is 27.5 Å². The Morgan fingerprint density at radius 2 is 1.03 bits per heavy atom. The number of aliphatic imine (C=N–C) groups is 2. The van der Waals surface area contributed by atoms with Crippen LogP contribution in [0.1, 0.15) is 58.0 Å². The molecule has 5 N–H and O–H groups in total. The van der Waals surface area contributed by atoms with Crippen molar-refractivity contribution in [2.24, 2.45) is 15.7 Å². The van der Waals surface area contributed by atoms with E-state index in [4.69, 9.17) is 15.7 Å². The molecule has 1 aliphatic rings. The second-order valence-corrected chi connectivity index (χ2v) is 14.5. The van der Waals surface area contributed by atoms with E-state index >= 15 is 0 Å². The SMILES string of the molecule is NC(NC(N=Cc1ccc(-c2ccc(-c3ccc(C4NC(c5ccccc5)=NC(c5ccccc5)N4)cc3)c3ccccc23)cc1)c1ccccc1)c1ccccc1. The van der Waals surface area contributed by atoms with Gasteiger partial charge in [0.2, 0.25) is 0 Å². The van der Waals surface area contributed by atoms with Crippen LogP contribution in [0.5, 0.6) is 0 Å². The lowest BCUT2D eigenvalue weighted by Crippen LogP contribution is -2.44. The van der Waals surface area contributed by atoms with E-state index in [9.17, 15) is 0 Å². The van der Waals surface area contributed by atoms with Crippen molar-refractivity contribution in [1.82, 2.24) is 16.0 Å². The van der Waals surface area contributed by atoms with Gasteiger partial charge in [0, 0.05) is 11.8 Å². The van der Waals surface area contributed by atoms with Crippen LogP contribution in [0, 0.1) is 0 Å². The predicted octanol–water partition coefficient (Wildman–Crippen LogP) is 10.9. The van der Waals surface area contributed by atoms with Crippen molar-refractivity contribution in [3.63, 3.8) is 0 Å². The molecule has 8 aromatic carbocycles. The Labute approximate surface area is 339 Å². The first-order valence-corrected chi connectivity index (χ1v) is 19.7. The molecule has 9 rings (SSSR count). The number of hydrogen-bond acceptors (Lipinski definition) is 6. The van der Waals surface area contributed by atoms with E-state index in [0.29, 0.717) is 0 Å². The summed E-state index contributed by atoms with van der Waals surface area (Å²) in [4.78, 5) is 10.0. The monoisotopic (exact) mass is 752 g/mol. The number of nitrogens with zero attached hydrogens (tertiary/aromatic N) is 2. The smallest absolute Gasteiger partial charge is 0.131 e. The minimum absolute atomic E-state index is 0.119. The Morgan fingerprint density at radius 3 is 1.64 bits per heavy atom. The summed E-state index contributed by atoms with van der Waals surface area (Å²) in [7, 11) is 0. The van der Waals surface area contributed by atoms with Crippen molar-refractivity contribution >= 4 is 22.8 Å². The number of fused-ring (bicyclic) bond motifs is 1. The molecule has 0 amide bonds. The van der Waals surface area contributed by atoms with Gasteiger partial charge in [-0.15, -0.1) is 0 Å². The van der Waals surface area contributed by atoms with Crippen molar-refractivity contribution in [1.29, 1.82) is 0 Å². The zero-order valence-electron chi connectivity index (χ0n) is 32.0. The van der Waals surface area contributed by atoms with Gasteiger partial charge in [0.05, 0.1) is 6.17 Å². The average molecular weight is 753 g/mol. The highest BCUT2D eigenvalue weighted by atomic mass is 15.3. The fourth-order valence-electron chi connectivity index (χ4n) is 7.63. The Balaban J connectivity index is 0.953. The molecule has 0 radical (unpaired) electrons. The highest BCUT2D eigenvalue weighted by Crippen LogP contribution is 2.36. The van der Waals surface area contributed by atoms with Crippen LogP contribution in [0.3, 0.4) is 0 Å². The molecule has 4 atom stereocenters. The van der Waals surface area contributed by atoms with Crippen LogP contribution in [0.4, 0.5) is 0 Å². The third-order valence-electron chi connectivity index (χ3n) is 10.7. The predicted molar refractivity (Wildman–Crippen MR) is 239 cm³/mol. The maximum Gasteiger partial charge on any atom is 0.131 e. The van der Waals surface area contributed by atoms with Gasteiger partial charge >= 0.3 is 0 Å². The Hall–Kier alpha value is -6.96. The molecule has 0 fully saturated rings. The van der Waals surface area contributed by atoms with Crippen LogP contribution in [0.15, 0.2) is 216 Å². The molecule has 0 saturated heterocycles. The van der Waals surface area contributed by atoms with Crippen molar-refractivity contribution in [3.05, 3.63) is 240 Å². The number of rotatable bonds is 11. The molecule has 6 nitrogen and oxygen atoms in total. The van der Waals surface area contributed by atoms with E-state index in [-0.39, 0.29) is 24.7 Å². The molecule has 8 aromatic rings. The van der Waals surface area contributed by atoms with E-state index in [1.54, 1.807) is 0 Å². The van der Waals surface area contributed by atoms with Crippen molar-refractivity contribution < 1.29 is 0 Å². The minimum atomic E-state index is -0.359. The average Bonchev–Trinajstić information content (AvgIpc) is 3.31. The van der Waals surface area contributed by atoms with Gasteiger partial charge in [-0.25, -0.2) is 4.99 Å². The summed E-state index contributed by atoms with van der Waals surface area (Å²) < 4.78 is 0. The number of amidine groups is 1. The quantitative estimate of drug-likeness (QED) is 0.0783. The number of hydrogen-bond donors (Lipinski definition) is 4. The fourth-order valence-corrected chi connectivity index (χ4v) is 7.63. The van der Waals surface area contributed by atoms with Gasteiger partial charge in [-0.3, -0.25) is 15.6 Å². The van der Waals surface area contributed by atoms with Crippen molar-refractivity contribution in [3.8, 4) is 22.3 Å². The normalized spacial score (nSPS) is 16.4. The summed E-state index contributed by atoms with van der Waals surface area (Å²) in [6.45, 7) is 0. The molecule has 0 aromatic heterocycles. The first kappa shape index (κ1) is 36.7. The lowest BCUT2D eigenvalue weighted by atomic mass is 9.91. The van der Waals surface area contributed by atoms with E-state index in [1.807, 2.05) is 79.0 Å². The minimum Gasteiger partial charge on any atom is -0.350 e. The molecule has 1 aliphatic heterocycles. The van der Waals surface area contributed by atoms with Crippen molar-refractivity contribution in [2.75, 3.05) is 0 Å². The van der Waals surface area contributed by atoms with Crippen LogP contribution in [0.25, 0.3) is 33.0 Å². The van der Waals surface area contributed by atoms with Crippen LogP contribution < -0.4 is 21.7 Å². The Bertz CT molecular complexity index is 2640.